The lowest BCUT2D eigenvalue weighted by Crippen LogP contribution is -2.30. The van der Waals surface area contributed by atoms with E-state index in [0.717, 1.165) is 56.3 Å². The Bertz CT molecular complexity index is 1020. The minimum absolute atomic E-state index is 0.400. The third-order valence-electron chi connectivity index (χ3n) is 6.58. The van der Waals surface area contributed by atoms with Crippen molar-refractivity contribution in [2.75, 3.05) is 25.1 Å². The molecule has 1 aromatic carbocycles. The summed E-state index contributed by atoms with van der Waals surface area (Å²) in [6.07, 6.45) is 6.07. The molecule has 1 N–H and O–H groups in total. The Morgan fingerprint density at radius 2 is 2.07 bits per heavy atom. The van der Waals surface area contributed by atoms with Gasteiger partial charge in [0.2, 0.25) is 5.95 Å². The van der Waals surface area contributed by atoms with E-state index in [9.17, 15) is 0 Å². The van der Waals surface area contributed by atoms with Gasteiger partial charge in [-0.1, -0.05) is 13.0 Å². The van der Waals surface area contributed by atoms with Crippen molar-refractivity contribution in [3.8, 4) is 5.75 Å². The van der Waals surface area contributed by atoms with Gasteiger partial charge in [-0.05, 0) is 60.4 Å². The minimum atomic E-state index is 0.400. The molecule has 2 unspecified atom stereocenters. The van der Waals surface area contributed by atoms with Gasteiger partial charge in [-0.2, -0.15) is 5.10 Å². The van der Waals surface area contributed by atoms with E-state index >= 15 is 0 Å². The topological polar surface area (TPSA) is 71.9 Å². The molecule has 3 heterocycles. The molecule has 1 aliphatic carbocycles. The molecule has 0 saturated heterocycles. The number of ether oxygens (including phenoxy) is 1. The Balaban J connectivity index is 1.38. The number of aromatic nitrogens is 5. The molecule has 0 amide bonds. The molecular formula is C22H28N6O. The van der Waals surface area contributed by atoms with Crippen molar-refractivity contribution in [2.24, 2.45) is 7.05 Å². The molecule has 2 atom stereocenters. The Kier molecular flexibility index (Phi) is 4.53. The van der Waals surface area contributed by atoms with E-state index < -0.39 is 0 Å². The summed E-state index contributed by atoms with van der Waals surface area (Å²) in [5, 5.41) is 16.6. The van der Waals surface area contributed by atoms with Crippen LogP contribution < -0.4 is 9.64 Å². The number of fused-ring (bicyclic) bond motifs is 2. The van der Waals surface area contributed by atoms with Crippen molar-refractivity contribution < 1.29 is 4.74 Å². The Morgan fingerprint density at radius 3 is 2.93 bits per heavy atom. The number of anilines is 1. The Morgan fingerprint density at radius 1 is 1.17 bits per heavy atom. The number of rotatable bonds is 3. The molecule has 3 aromatic rings. The summed E-state index contributed by atoms with van der Waals surface area (Å²) in [5.74, 6) is 3.80. The predicted molar refractivity (Wildman–Crippen MR) is 112 cm³/mol. The summed E-state index contributed by atoms with van der Waals surface area (Å²) in [6.45, 7) is 4.17. The molecule has 2 aromatic heterocycles. The fraction of sp³-hybridized carbons (Fsp3) is 0.500. The quantitative estimate of drug-likeness (QED) is 0.742. The van der Waals surface area contributed by atoms with Gasteiger partial charge in [0.05, 0.1) is 13.3 Å². The van der Waals surface area contributed by atoms with Crippen LogP contribution >= 0.6 is 0 Å². The van der Waals surface area contributed by atoms with Gasteiger partial charge < -0.3 is 14.2 Å². The average molecular weight is 393 g/mol. The second kappa shape index (κ2) is 7.21. The first-order chi connectivity index (χ1) is 14.1. The highest BCUT2D eigenvalue weighted by Gasteiger charge is 2.29. The highest BCUT2D eigenvalue weighted by molar-refractivity contribution is 5.43. The van der Waals surface area contributed by atoms with Gasteiger partial charge in [-0.25, -0.2) is 0 Å². The Hall–Kier alpha value is -2.83. The monoisotopic (exact) mass is 392 g/mol. The van der Waals surface area contributed by atoms with Gasteiger partial charge >= 0.3 is 0 Å². The molecule has 5 rings (SSSR count). The second-order valence-electron chi connectivity index (χ2n) is 8.39. The third-order valence-corrected chi connectivity index (χ3v) is 6.58. The van der Waals surface area contributed by atoms with Crippen molar-refractivity contribution in [3.63, 3.8) is 0 Å². The number of nitrogens with one attached hydrogen (secondary N) is 1. The van der Waals surface area contributed by atoms with E-state index in [1.807, 2.05) is 6.20 Å². The molecule has 2 aliphatic rings. The second-order valence-corrected chi connectivity index (χ2v) is 8.39. The van der Waals surface area contributed by atoms with E-state index in [1.165, 1.54) is 22.4 Å². The molecule has 152 valence electrons. The maximum absolute atomic E-state index is 5.44. The van der Waals surface area contributed by atoms with Gasteiger partial charge in [0.15, 0.2) is 0 Å². The molecular weight excluding hydrogens is 364 g/mol. The van der Waals surface area contributed by atoms with Crippen LogP contribution in [0.2, 0.25) is 0 Å². The normalized spacial score (nSPS) is 21.4. The van der Waals surface area contributed by atoms with Gasteiger partial charge in [-0.15, -0.1) is 10.2 Å². The zero-order chi connectivity index (χ0) is 20.0. The van der Waals surface area contributed by atoms with Gasteiger partial charge in [-0.3, -0.25) is 5.10 Å². The van der Waals surface area contributed by atoms with Gasteiger partial charge in [0.25, 0.3) is 0 Å². The van der Waals surface area contributed by atoms with E-state index in [0.29, 0.717) is 11.8 Å². The maximum atomic E-state index is 5.44. The van der Waals surface area contributed by atoms with Crippen LogP contribution in [0.25, 0.3) is 0 Å². The van der Waals surface area contributed by atoms with Crippen molar-refractivity contribution in [1.29, 1.82) is 0 Å². The number of benzene rings is 1. The van der Waals surface area contributed by atoms with E-state index in [4.69, 9.17) is 4.74 Å². The number of methoxy groups -OCH3 is 1. The molecule has 1 aliphatic heterocycles. The van der Waals surface area contributed by atoms with E-state index in [2.05, 4.69) is 62.0 Å². The van der Waals surface area contributed by atoms with Crippen molar-refractivity contribution >= 4 is 5.95 Å². The molecule has 0 fully saturated rings. The van der Waals surface area contributed by atoms with Crippen LogP contribution in [0.5, 0.6) is 5.75 Å². The number of aryl methyl sites for hydroxylation is 1. The summed E-state index contributed by atoms with van der Waals surface area (Å²) in [6, 6.07) is 6.46. The zero-order valence-corrected chi connectivity index (χ0v) is 17.4. The van der Waals surface area contributed by atoms with Gasteiger partial charge in [0.1, 0.15) is 11.6 Å². The SMILES string of the molecule is COc1ccc2c(c1)C(C)CN(c1nnc(C3CCc4[nH]ncc4C3)n1C)CC2. The summed E-state index contributed by atoms with van der Waals surface area (Å²) in [7, 11) is 3.84. The van der Waals surface area contributed by atoms with Crippen molar-refractivity contribution in [3.05, 3.63) is 52.6 Å². The largest absolute Gasteiger partial charge is 0.497 e. The van der Waals surface area contributed by atoms with Crippen LogP contribution in [-0.4, -0.2) is 45.2 Å². The van der Waals surface area contributed by atoms with Crippen LogP contribution in [0.1, 0.15) is 53.4 Å². The lowest BCUT2D eigenvalue weighted by atomic mass is 9.87. The maximum Gasteiger partial charge on any atom is 0.227 e. The van der Waals surface area contributed by atoms with E-state index in [-0.39, 0.29) is 0 Å². The van der Waals surface area contributed by atoms with Crippen molar-refractivity contribution in [2.45, 2.75) is 44.4 Å². The molecule has 0 spiro atoms. The Labute approximate surface area is 171 Å². The number of aromatic amines is 1. The summed E-state index contributed by atoms with van der Waals surface area (Å²) >= 11 is 0. The molecule has 0 bridgehead atoms. The van der Waals surface area contributed by atoms with Crippen LogP contribution in [0.4, 0.5) is 5.95 Å². The summed E-state index contributed by atoms with van der Waals surface area (Å²) in [4.78, 5) is 2.39. The lowest BCUT2D eigenvalue weighted by Gasteiger charge is -2.25. The summed E-state index contributed by atoms with van der Waals surface area (Å²) < 4.78 is 7.65. The first kappa shape index (κ1) is 18.2. The molecule has 0 radical (unpaired) electrons. The summed E-state index contributed by atoms with van der Waals surface area (Å²) in [5.41, 5.74) is 5.38. The molecule has 29 heavy (non-hydrogen) atoms. The number of hydrogen-bond acceptors (Lipinski definition) is 5. The highest BCUT2D eigenvalue weighted by Crippen LogP contribution is 2.34. The smallest absolute Gasteiger partial charge is 0.227 e. The standard InChI is InChI=1S/C22H28N6O/c1-14-13-28(9-8-15-4-6-18(29-3)11-19(14)15)22-26-25-21(27(22)2)16-5-7-20-17(10-16)12-23-24-20/h4,6,11-12,14,16H,5,7-10,13H2,1-3H3,(H,23,24). The average Bonchev–Trinajstić information content (AvgIpc) is 3.32. The molecule has 7 heteroatoms. The predicted octanol–water partition coefficient (Wildman–Crippen LogP) is 2.99. The van der Waals surface area contributed by atoms with Crippen LogP contribution in [0.3, 0.4) is 0 Å². The highest BCUT2D eigenvalue weighted by atomic mass is 16.5. The zero-order valence-electron chi connectivity index (χ0n) is 17.4. The third kappa shape index (κ3) is 3.18. The lowest BCUT2D eigenvalue weighted by molar-refractivity contribution is 0.414. The minimum Gasteiger partial charge on any atom is -0.497 e. The first-order valence-electron chi connectivity index (χ1n) is 10.5. The fourth-order valence-corrected chi connectivity index (χ4v) is 4.94. The number of nitrogens with zero attached hydrogens (tertiary/aromatic N) is 5. The fourth-order valence-electron chi connectivity index (χ4n) is 4.94. The number of H-pyrrole nitrogens is 1. The molecule has 0 saturated carbocycles. The van der Waals surface area contributed by atoms with E-state index in [1.54, 1.807) is 7.11 Å². The van der Waals surface area contributed by atoms with Crippen LogP contribution in [0.15, 0.2) is 24.4 Å². The number of hydrogen-bond donors (Lipinski definition) is 1. The first-order valence-corrected chi connectivity index (χ1v) is 10.5. The van der Waals surface area contributed by atoms with Crippen LogP contribution in [0, 0.1) is 0 Å². The molecule has 7 nitrogen and oxygen atoms in total. The van der Waals surface area contributed by atoms with Crippen LogP contribution in [-0.2, 0) is 26.3 Å². The van der Waals surface area contributed by atoms with Crippen molar-refractivity contribution in [1.82, 2.24) is 25.0 Å². The van der Waals surface area contributed by atoms with Gasteiger partial charge in [0, 0.05) is 31.7 Å².